The standard InChI is InChI=1S/C27H28N2O5/c1-18(2)24-14-5-19(3)15-25(24)33-17-26(30)29-28-16-20-6-10-23(11-7-20)34-27(31)21-8-12-22(32-4)13-9-21/h5-16,18H,17H2,1-4H3,(H,29,30)/b28-16+. The van der Waals surface area contributed by atoms with Crippen LogP contribution in [0.4, 0.5) is 0 Å². The third-order valence-electron chi connectivity index (χ3n) is 4.97. The number of hydrazone groups is 1. The number of ether oxygens (including phenoxy) is 3. The number of carbonyl (C=O) groups is 2. The van der Waals surface area contributed by atoms with Crippen molar-refractivity contribution in [2.24, 2.45) is 5.10 Å². The van der Waals surface area contributed by atoms with Crippen LogP contribution in [0.15, 0.2) is 71.8 Å². The SMILES string of the molecule is COc1ccc(C(=O)Oc2ccc(/C=N/NC(=O)COc3cc(C)ccc3C(C)C)cc2)cc1. The molecule has 0 heterocycles. The summed E-state index contributed by atoms with van der Waals surface area (Å²) in [5.74, 6) is 1.22. The molecule has 0 saturated heterocycles. The van der Waals surface area contributed by atoms with E-state index in [1.807, 2.05) is 25.1 Å². The number of aryl methyl sites for hydroxylation is 1. The molecule has 0 aliphatic carbocycles. The molecule has 3 rings (SSSR count). The highest BCUT2D eigenvalue weighted by Gasteiger charge is 2.10. The summed E-state index contributed by atoms with van der Waals surface area (Å²) in [5.41, 5.74) is 5.72. The van der Waals surface area contributed by atoms with Crippen LogP contribution in [0.2, 0.25) is 0 Å². The minimum Gasteiger partial charge on any atom is -0.497 e. The lowest BCUT2D eigenvalue weighted by Gasteiger charge is -2.14. The minimum absolute atomic E-state index is 0.138. The molecular formula is C27H28N2O5. The fraction of sp³-hybridized carbons (Fsp3) is 0.222. The second-order valence-electron chi connectivity index (χ2n) is 7.96. The Morgan fingerprint density at radius 2 is 1.65 bits per heavy atom. The van der Waals surface area contributed by atoms with Gasteiger partial charge in [-0.1, -0.05) is 26.0 Å². The summed E-state index contributed by atoms with van der Waals surface area (Å²) >= 11 is 0. The lowest BCUT2D eigenvalue weighted by molar-refractivity contribution is -0.123. The third kappa shape index (κ3) is 6.93. The van der Waals surface area contributed by atoms with Gasteiger partial charge in [0, 0.05) is 0 Å². The molecule has 0 radical (unpaired) electrons. The van der Waals surface area contributed by atoms with Crippen molar-refractivity contribution >= 4 is 18.1 Å². The summed E-state index contributed by atoms with van der Waals surface area (Å²) in [6.45, 7) is 5.99. The smallest absolute Gasteiger partial charge is 0.343 e. The molecular weight excluding hydrogens is 432 g/mol. The Labute approximate surface area is 199 Å². The van der Waals surface area contributed by atoms with E-state index in [0.29, 0.717) is 22.8 Å². The number of amides is 1. The van der Waals surface area contributed by atoms with Gasteiger partial charge in [-0.3, -0.25) is 4.79 Å². The number of rotatable bonds is 9. The Morgan fingerprint density at radius 1 is 0.971 bits per heavy atom. The van der Waals surface area contributed by atoms with Gasteiger partial charge in [-0.25, -0.2) is 10.2 Å². The predicted octanol–water partition coefficient (Wildman–Crippen LogP) is 4.88. The average Bonchev–Trinajstić information content (AvgIpc) is 2.83. The number of esters is 1. The van der Waals surface area contributed by atoms with Gasteiger partial charge in [0.15, 0.2) is 6.61 Å². The molecule has 1 amide bonds. The molecule has 0 saturated carbocycles. The largest absolute Gasteiger partial charge is 0.497 e. The maximum absolute atomic E-state index is 12.2. The highest BCUT2D eigenvalue weighted by molar-refractivity contribution is 5.91. The van der Waals surface area contributed by atoms with E-state index in [0.717, 1.165) is 16.7 Å². The zero-order valence-electron chi connectivity index (χ0n) is 19.7. The maximum Gasteiger partial charge on any atom is 0.343 e. The number of nitrogens with zero attached hydrogens (tertiary/aromatic N) is 1. The van der Waals surface area contributed by atoms with Crippen LogP contribution in [0.25, 0.3) is 0 Å². The van der Waals surface area contributed by atoms with Crippen molar-refractivity contribution in [2.45, 2.75) is 26.7 Å². The van der Waals surface area contributed by atoms with Crippen molar-refractivity contribution in [3.63, 3.8) is 0 Å². The van der Waals surface area contributed by atoms with E-state index in [9.17, 15) is 9.59 Å². The van der Waals surface area contributed by atoms with Crippen LogP contribution in [-0.2, 0) is 4.79 Å². The second kappa shape index (κ2) is 11.7. The van der Waals surface area contributed by atoms with Gasteiger partial charge >= 0.3 is 5.97 Å². The first-order chi connectivity index (χ1) is 16.4. The van der Waals surface area contributed by atoms with Crippen LogP contribution < -0.4 is 19.6 Å². The molecule has 0 bridgehead atoms. The molecule has 176 valence electrons. The molecule has 0 unspecified atom stereocenters. The molecule has 0 fully saturated rings. The van der Waals surface area contributed by atoms with E-state index in [2.05, 4.69) is 24.4 Å². The number of hydrogen-bond donors (Lipinski definition) is 1. The third-order valence-corrected chi connectivity index (χ3v) is 4.97. The van der Waals surface area contributed by atoms with E-state index >= 15 is 0 Å². The number of nitrogens with one attached hydrogen (secondary N) is 1. The Balaban J connectivity index is 1.49. The summed E-state index contributed by atoms with van der Waals surface area (Å²) in [6.07, 6.45) is 1.50. The quantitative estimate of drug-likeness (QED) is 0.213. The van der Waals surface area contributed by atoms with Crippen molar-refractivity contribution in [1.82, 2.24) is 5.43 Å². The molecule has 34 heavy (non-hydrogen) atoms. The number of carbonyl (C=O) groups excluding carboxylic acids is 2. The zero-order chi connectivity index (χ0) is 24.5. The van der Waals surface area contributed by atoms with Gasteiger partial charge in [0.1, 0.15) is 17.2 Å². The normalized spacial score (nSPS) is 10.9. The highest BCUT2D eigenvalue weighted by Crippen LogP contribution is 2.27. The summed E-state index contributed by atoms with van der Waals surface area (Å²) in [5, 5.41) is 3.96. The van der Waals surface area contributed by atoms with Gasteiger partial charge in [0.2, 0.25) is 0 Å². The number of methoxy groups -OCH3 is 1. The average molecular weight is 461 g/mol. The van der Waals surface area contributed by atoms with Gasteiger partial charge in [0.25, 0.3) is 5.91 Å². The molecule has 0 aliphatic heterocycles. The molecule has 3 aromatic carbocycles. The molecule has 0 atom stereocenters. The molecule has 1 N–H and O–H groups in total. The van der Waals surface area contributed by atoms with Crippen LogP contribution in [0.3, 0.4) is 0 Å². The molecule has 0 aliphatic rings. The molecule has 7 nitrogen and oxygen atoms in total. The number of hydrogen-bond acceptors (Lipinski definition) is 6. The summed E-state index contributed by atoms with van der Waals surface area (Å²) < 4.78 is 16.2. The van der Waals surface area contributed by atoms with Crippen LogP contribution in [0, 0.1) is 6.92 Å². The van der Waals surface area contributed by atoms with E-state index in [-0.39, 0.29) is 18.4 Å². The van der Waals surface area contributed by atoms with Gasteiger partial charge in [-0.2, -0.15) is 5.10 Å². The first kappa shape index (κ1) is 24.5. The Bertz CT molecular complexity index is 1150. The van der Waals surface area contributed by atoms with Crippen LogP contribution in [-0.4, -0.2) is 31.8 Å². The van der Waals surface area contributed by atoms with Crippen LogP contribution in [0.5, 0.6) is 17.2 Å². The van der Waals surface area contributed by atoms with E-state index in [1.54, 1.807) is 55.6 Å². The summed E-state index contributed by atoms with van der Waals surface area (Å²) in [4.78, 5) is 24.3. The lowest BCUT2D eigenvalue weighted by Crippen LogP contribution is -2.25. The van der Waals surface area contributed by atoms with Crippen molar-refractivity contribution in [3.05, 3.63) is 89.0 Å². The zero-order valence-corrected chi connectivity index (χ0v) is 19.7. The lowest BCUT2D eigenvalue weighted by atomic mass is 10.0. The van der Waals surface area contributed by atoms with E-state index < -0.39 is 5.97 Å². The van der Waals surface area contributed by atoms with Crippen LogP contribution in [0.1, 0.15) is 46.8 Å². The van der Waals surface area contributed by atoms with E-state index in [4.69, 9.17) is 14.2 Å². The maximum atomic E-state index is 12.2. The van der Waals surface area contributed by atoms with Gasteiger partial charge in [-0.05, 0) is 84.1 Å². The minimum atomic E-state index is -0.467. The monoisotopic (exact) mass is 460 g/mol. The highest BCUT2D eigenvalue weighted by atomic mass is 16.5. The molecule has 7 heteroatoms. The van der Waals surface area contributed by atoms with Crippen molar-refractivity contribution < 1.29 is 23.8 Å². The Hall–Kier alpha value is -4.13. The Morgan fingerprint density at radius 3 is 2.29 bits per heavy atom. The fourth-order valence-corrected chi connectivity index (χ4v) is 3.11. The first-order valence-electron chi connectivity index (χ1n) is 10.9. The Kier molecular flexibility index (Phi) is 8.40. The molecule has 3 aromatic rings. The van der Waals surface area contributed by atoms with Crippen molar-refractivity contribution in [2.75, 3.05) is 13.7 Å². The van der Waals surface area contributed by atoms with Gasteiger partial charge in [0.05, 0.1) is 18.9 Å². The number of benzene rings is 3. The van der Waals surface area contributed by atoms with Gasteiger partial charge < -0.3 is 14.2 Å². The second-order valence-corrected chi connectivity index (χ2v) is 7.96. The predicted molar refractivity (Wildman–Crippen MR) is 131 cm³/mol. The van der Waals surface area contributed by atoms with Crippen molar-refractivity contribution in [3.8, 4) is 17.2 Å². The fourth-order valence-electron chi connectivity index (χ4n) is 3.11. The van der Waals surface area contributed by atoms with Gasteiger partial charge in [-0.15, -0.1) is 0 Å². The molecule has 0 aromatic heterocycles. The van der Waals surface area contributed by atoms with Crippen molar-refractivity contribution in [1.29, 1.82) is 0 Å². The van der Waals surface area contributed by atoms with E-state index in [1.165, 1.54) is 6.21 Å². The topological polar surface area (TPSA) is 86.2 Å². The summed E-state index contributed by atoms with van der Waals surface area (Å²) in [6, 6.07) is 19.4. The first-order valence-corrected chi connectivity index (χ1v) is 10.9. The van der Waals surface area contributed by atoms with Crippen LogP contribution >= 0.6 is 0 Å². The molecule has 0 spiro atoms. The summed E-state index contributed by atoms with van der Waals surface area (Å²) in [7, 11) is 1.56.